The van der Waals surface area contributed by atoms with E-state index in [1.54, 1.807) is 12.2 Å². The molecule has 0 spiro atoms. The van der Waals surface area contributed by atoms with Gasteiger partial charge >= 0.3 is 0 Å². The smallest absolute Gasteiger partial charge is 0.263 e. The van der Waals surface area contributed by atoms with Gasteiger partial charge in [0.1, 0.15) is 11.0 Å². The first-order valence-corrected chi connectivity index (χ1v) is 9.16. The van der Waals surface area contributed by atoms with E-state index in [9.17, 15) is 13.2 Å². The average molecular weight is 379 g/mol. The summed E-state index contributed by atoms with van der Waals surface area (Å²) in [6, 6.07) is 4.38. The standard InChI is InChI=1S/C16H21N5O4S/c1-5-9-20(10-6-2)16(22)12-25-21-15-11-13(26(23,24)19(3)4)7-8-14(15)17-18-21/h5-8,11H,1-2,9-10,12H2,3-4H3. The van der Waals surface area contributed by atoms with Gasteiger partial charge in [-0.1, -0.05) is 17.0 Å². The first-order valence-electron chi connectivity index (χ1n) is 7.72. The summed E-state index contributed by atoms with van der Waals surface area (Å²) in [5.41, 5.74) is 0.795. The first-order chi connectivity index (χ1) is 12.3. The summed E-state index contributed by atoms with van der Waals surface area (Å²) < 4.78 is 25.6. The molecule has 0 aliphatic rings. The third-order valence-corrected chi connectivity index (χ3v) is 5.34. The van der Waals surface area contributed by atoms with Crippen molar-refractivity contribution in [2.75, 3.05) is 33.8 Å². The Hall–Kier alpha value is -2.72. The number of aromatic nitrogens is 3. The van der Waals surface area contributed by atoms with Crippen LogP contribution in [-0.2, 0) is 14.8 Å². The van der Waals surface area contributed by atoms with Crippen LogP contribution in [-0.4, -0.2) is 72.5 Å². The number of fused-ring (bicyclic) bond motifs is 1. The fourth-order valence-corrected chi connectivity index (χ4v) is 3.06. The first kappa shape index (κ1) is 19.6. The fraction of sp³-hybridized carbons (Fsp3) is 0.312. The summed E-state index contributed by atoms with van der Waals surface area (Å²) in [6.07, 6.45) is 3.20. The maximum Gasteiger partial charge on any atom is 0.263 e. The number of carbonyl (C=O) groups excluding carboxylic acids is 1. The maximum atomic E-state index is 12.3. The Kier molecular flexibility index (Phi) is 6.11. The molecule has 0 fully saturated rings. The van der Waals surface area contributed by atoms with Crippen LogP contribution in [0.4, 0.5) is 0 Å². The van der Waals surface area contributed by atoms with E-state index >= 15 is 0 Å². The van der Waals surface area contributed by atoms with Crippen molar-refractivity contribution in [3.8, 4) is 0 Å². The minimum atomic E-state index is -3.61. The number of amides is 1. The minimum absolute atomic E-state index is 0.0772. The summed E-state index contributed by atoms with van der Waals surface area (Å²) in [5, 5.41) is 7.72. The molecule has 0 bridgehead atoms. The summed E-state index contributed by atoms with van der Waals surface area (Å²) in [7, 11) is -0.726. The Morgan fingerprint density at radius 2 is 1.92 bits per heavy atom. The van der Waals surface area contributed by atoms with Crippen molar-refractivity contribution in [2.24, 2.45) is 0 Å². The third kappa shape index (κ3) is 4.09. The van der Waals surface area contributed by atoms with Crippen molar-refractivity contribution in [1.82, 2.24) is 24.4 Å². The zero-order chi connectivity index (χ0) is 19.3. The second kappa shape index (κ2) is 8.11. The van der Waals surface area contributed by atoms with Gasteiger partial charge in [-0.2, -0.15) is 0 Å². The highest BCUT2D eigenvalue weighted by Crippen LogP contribution is 2.18. The normalized spacial score (nSPS) is 11.5. The maximum absolute atomic E-state index is 12.3. The van der Waals surface area contributed by atoms with E-state index in [1.807, 2.05) is 0 Å². The molecule has 0 saturated carbocycles. The van der Waals surface area contributed by atoms with Crippen LogP contribution in [0.25, 0.3) is 11.0 Å². The molecule has 0 N–H and O–H groups in total. The lowest BCUT2D eigenvalue weighted by atomic mass is 10.3. The molecule has 1 amide bonds. The number of nitrogens with zero attached hydrogens (tertiary/aromatic N) is 5. The quantitative estimate of drug-likeness (QED) is 0.582. The van der Waals surface area contributed by atoms with Gasteiger partial charge in [0.25, 0.3) is 5.91 Å². The highest BCUT2D eigenvalue weighted by atomic mass is 32.2. The Labute approximate surface area is 152 Å². The predicted molar refractivity (Wildman–Crippen MR) is 96.8 cm³/mol. The van der Waals surface area contributed by atoms with Crippen molar-refractivity contribution in [2.45, 2.75) is 4.90 Å². The van der Waals surface area contributed by atoms with Crippen LogP contribution in [0.5, 0.6) is 0 Å². The molecule has 1 aromatic heterocycles. The van der Waals surface area contributed by atoms with E-state index in [0.29, 0.717) is 24.1 Å². The van der Waals surface area contributed by atoms with Gasteiger partial charge in [-0.05, 0) is 23.4 Å². The largest absolute Gasteiger partial charge is 0.385 e. The molecule has 1 aromatic carbocycles. The molecule has 140 valence electrons. The Morgan fingerprint density at radius 3 is 2.50 bits per heavy atom. The summed E-state index contributed by atoms with van der Waals surface area (Å²) in [6.45, 7) is 7.64. The molecule has 0 unspecified atom stereocenters. The Balaban J connectivity index is 2.24. The van der Waals surface area contributed by atoms with Crippen LogP contribution in [0.15, 0.2) is 48.4 Å². The topological polar surface area (TPSA) is 97.6 Å². The number of hydrogen-bond donors (Lipinski definition) is 0. The lowest BCUT2D eigenvalue weighted by Gasteiger charge is -2.19. The number of sulfonamides is 1. The summed E-state index contributed by atoms with van der Waals surface area (Å²) in [5.74, 6) is -0.287. The van der Waals surface area contributed by atoms with E-state index < -0.39 is 10.0 Å². The van der Waals surface area contributed by atoms with Crippen molar-refractivity contribution < 1.29 is 18.0 Å². The van der Waals surface area contributed by atoms with Gasteiger partial charge in [-0.25, -0.2) is 12.7 Å². The third-order valence-electron chi connectivity index (χ3n) is 3.53. The molecule has 2 aromatic rings. The molecule has 0 aliphatic heterocycles. The molecular formula is C16H21N5O4S. The molecule has 0 radical (unpaired) electrons. The van der Waals surface area contributed by atoms with Crippen LogP contribution in [0.1, 0.15) is 0 Å². The van der Waals surface area contributed by atoms with Crippen molar-refractivity contribution in [3.05, 3.63) is 43.5 Å². The van der Waals surface area contributed by atoms with E-state index in [2.05, 4.69) is 23.5 Å². The minimum Gasteiger partial charge on any atom is -0.385 e. The Morgan fingerprint density at radius 1 is 1.27 bits per heavy atom. The zero-order valence-corrected chi connectivity index (χ0v) is 15.5. The highest BCUT2D eigenvalue weighted by molar-refractivity contribution is 7.89. The summed E-state index contributed by atoms with van der Waals surface area (Å²) in [4.78, 5) is 20.2. The lowest BCUT2D eigenvalue weighted by Crippen LogP contribution is -2.37. The predicted octanol–water partition coefficient (Wildman–Crippen LogP) is 0.311. The van der Waals surface area contributed by atoms with E-state index in [4.69, 9.17) is 4.84 Å². The molecule has 0 aliphatic carbocycles. The monoisotopic (exact) mass is 379 g/mol. The lowest BCUT2D eigenvalue weighted by molar-refractivity contribution is -0.135. The number of rotatable bonds is 9. The number of benzene rings is 1. The molecule has 0 saturated heterocycles. The molecule has 0 atom stereocenters. The fourth-order valence-electron chi connectivity index (χ4n) is 2.14. The van der Waals surface area contributed by atoms with Crippen molar-refractivity contribution >= 4 is 27.0 Å². The van der Waals surface area contributed by atoms with E-state index in [0.717, 1.165) is 9.15 Å². The summed E-state index contributed by atoms with van der Waals surface area (Å²) >= 11 is 0. The molecule has 26 heavy (non-hydrogen) atoms. The van der Waals surface area contributed by atoms with Crippen LogP contribution in [0.3, 0.4) is 0 Å². The highest BCUT2D eigenvalue weighted by Gasteiger charge is 2.20. The second-order valence-electron chi connectivity index (χ2n) is 5.55. The Bertz CT molecular complexity index is 910. The van der Waals surface area contributed by atoms with Gasteiger partial charge in [0.15, 0.2) is 6.61 Å². The van der Waals surface area contributed by atoms with Gasteiger partial charge in [-0.15, -0.1) is 18.3 Å². The van der Waals surface area contributed by atoms with Crippen molar-refractivity contribution in [3.63, 3.8) is 0 Å². The number of hydrogen-bond acceptors (Lipinski definition) is 6. The molecular weight excluding hydrogens is 358 g/mol. The SMILES string of the molecule is C=CCN(CC=C)C(=O)COn1nnc2ccc(S(=O)(=O)N(C)C)cc21. The van der Waals surface area contributed by atoms with Gasteiger partial charge in [0.05, 0.1) is 4.90 Å². The van der Waals surface area contributed by atoms with Gasteiger partial charge in [-0.3, -0.25) is 4.79 Å². The van der Waals surface area contributed by atoms with Crippen LogP contribution in [0.2, 0.25) is 0 Å². The molecule has 9 nitrogen and oxygen atoms in total. The number of carbonyl (C=O) groups is 1. The van der Waals surface area contributed by atoms with Gasteiger partial charge in [0.2, 0.25) is 10.0 Å². The van der Waals surface area contributed by atoms with Crippen molar-refractivity contribution in [1.29, 1.82) is 0 Å². The van der Waals surface area contributed by atoms with Gasteiger partial charge < -0.3 is 9.74 Å². The van der Waals surface area contributed by atoms with E-state index in [-0.39, 0.29) is 17.4 Å². The van der Waals surface area contributed by atoms with Crippen LogP contribution in [0, 0.1) is 0 Å². The average Bonchev–Trinajstić information content (AvgIpc) is 3.01. The van der Waals surface area contributed by atoms with Crippen LogP contribution < -0.4 is 4.84 Å². The molecule has 2 rings (SSSR count). The second-order valence-corrected chi connectivity index (χ2v) is 7.70. The molecule has 10 heteroatoms. The zero-order valence-electron chi connectivity index (χ0n) is 14.7. The van der Waals surface area contributed by atoms with Gasteiger partial charge in [0, 0.05) is 27.2 Å². The van der Waals surface area contributed by atoms with Crippen LogP contribution >= 0.6 is 0 Å². The molecule has 1 heterocycles. The van der Waals surface area contributed by atoms with E-state index in [1.165, 1.54) is 37.2 Å².